The van der Waals surface area contributed by atoms with Gasteiger partial charge in [0.25, 0.3) is 0 Å². The lowest BCUT2D eigenvalue weighted by atomic mass is 10.3. The van der Waals surface area contributed by atoms with E-state index in [1.807, 2.05) is 0 Å². The van der Waals surface area contributed by atoms with E-state index in [0.29, 0.717) is 33.6 Å². The lowest BCUT2D eigenvalue weighted by Gasteiger charge is -2.07. The molecule has 22 heavy (non-hydrogen) atoms. The van der Waals surface area contributed by atoms with Crippen LogP contribution in [0.2, 0.25) is 0 Å². The number of carbonyl (C=O) groups is 1. The Morgan fingerprint density at radius 1 is 0.818 bits per heavy atom. The standard InChI is InChI=1S/C15H10N4O3/c20-15(18-9-1-3-13-11(5-9)16-7-21-13)19-10-2-4-14-12(6-10)17-8-22-14/h1-8H,(H2,18,19,20). The number of fused-ring (bicyclic) bond motifs is 2. The molecule has 0 fully saturated rings. The van der Waals surface area contributed by atoms with Crippen LogP contribution < -0.4 is 10.6 Å². The highest BCUT2D eigenvalue weighted by molar-refractivity contribution is 6.01. The third-order valence-electron chi connectivity index (χ3n) is 3.18. The summed E-state index contributed by atoms with van der Waals surface area (Å²) in [5.74, 6) is 0. The van der Waals surface area contributed by atoms with E-state index in [1.54, 1.807) is 36.4 Å². The molecule has 2 aromatic carbocycles. The maximum absolute atomic E-state index is 12.0. The fourth-order valence-electron chi connectivity index (χ4n) is 2.16. The molecule has 7 nitrogen and oxygen atoms in total. The van der Waals surface area contributed by atoms with Gasteiger partial charge in [-0.3, -0.25) is 0 Å². The number of aromatic nitrogens is 2. The highest BCUT2D eigenvalue weighted by Crippen LogP contribution is 2.19. The number of hydrogen-bond donors (Lipinski definition) is 2. The predicted molar refractivity (Wildman–Crippen MR) is 80.7 cm³/mol. The van der Waals surface area contributed by atoms with Crippen LogP contribution in [0.3, 0.4) is 0 Å². The van der Waals surface area contributed by atoms with E-state index in [-0.39, 0.29) is 6.03 Å². The highest BCUT2D eigenvalue weighted by atomic mass is 16.3. The van der Waals surface area contributed by atoms with Crippen molar-refractivity contribution < 1.29 is 13.6 Å². The number of rotatable bonds is 2. The zero-order valence-electron chi connectivity index (χ0n) is 11.2. The van der Waals surface area contributed by atoms with Gasteiger partial charge in [0, 0.05) is 11.4 Å². The van der Waals surface area contributed by atoms with Crippen molar-refractivity contribution in [3.8, 4) is 0 Å². The minimum absolute atomic E-state index is 0.356. The summed E-state index contributed by atoms with van der Waals surface area (Å²) in [4.78, 5) is 20.1. The molecule has 0 aliphatic heterocycles. The number of carbonyl (C=O) groups excluding carboxylic acids is 1. The minimum Gasteiger partial charge on any atom is -0.443 e. The van der Waals surface area contributed by atoms with Crippen LogP contribution in [0.5, 0.6) is 0 Å². The normalized spacial score (nSPS) is 10.9. The quantitative estimate of drug-likeness (QED) is 0.589. The van der Waals surface area contributed by atoms with E-state index in [0.717, 1.165) is 0 Å². The van der Waals surface area contributed by atoms with Crippen molar-refractivity contribution in [3.63, 3.8) is 0 Å². The summed E-state index contributed by atoms with van der Waals surface area (Å²) in [6, 6.07) is 10.1. The van der Waals surface area contributed by atoms with Gasteiger partial charge in [-0.15, -0.1) is 0 Å². The Bertz CT molecular complexity index is 895. The van der Waals surface area contributed by atoms with Gasteiger partial charge >= 0.3 is 6.03 Å². The van der Waals surface area contributed by atoms with Crippen LogP contribution in [0.4, 0.5) is 16.2 Å². The first-order chi connectivity index (χ1) is 10.8. The fraction of sp³-hybridized carbons (Fsp3) is 0. The van der Waals surface area contributed by atoms with Gasteiger partial charge in [0.2, 0.25) is 0 Å². The summed E-state index contributed by atoms with van der Waals surface area (Å²) in [5, 5.41) is 5.48. The second-order valence-electron chi connectivity index (χ2n) is 4.65. The van der Waals surface area contributed by atoms with Crippen molar-refractivity contribution in [2.75, 3.05) is 10.6 Å². The van der Waals surface area contributed by atoms with E-state index in [4.69, 9.17) is 8.83 Å². The topological polar surface area (TPSA) is 93.2 Å². The molecule has 0 unspecified atom stereocenters. The maximum atomic E-state index is 12.0. The average molecular weight is 294 g/mol. The van der Waals surface area contributed by atoms with E-state index < -0.39 is 0 Å². The molecule has 7 heteroatoms. The Hall–Kier alpha value is -3.35. The van der Waals surface area contributed by atoms with Gasteiger partial charge in [-0.25, -0.2) is 14.8 Å². The number of urea groups is 1. The zero-order chi connectivity index (χ0) is 14.9. The van der Waals surface area contributed by atoms with Crippen LogP contribution in [0.25, 0.3) is 22.2 Å². The molecule has 2 N–H and O–H groups in total. The number of nitrogens with one attached hydrogen (secondary N) is 2. The van der Waals surface area contributed by atoms with E-state index >= 15 is 0 Å². The average Bonchev–Trinajstić information content (AvgIpc) is 3.14. The van der Waals surface area contributed by atoms with Crippen LogP contribution >= 0.6 is 0 Å². The first kappa shape index (κ1) is 12.4. The molecule has 2 aromatic heterocycles. The first-order valence-electron chi connectivity index (χ1n) is 6.52. The number of nitrogens with zero attached hydrogens (tertiary/aromatic N) is 2. The van der Waals surface area contributed by atoms with Gasteiger partial charge in [0.1, 0.15) is 11.0 Å². The van der Waals surface area contributed by atoms with Crippen LogP contribution in [0.1, 0.15) is 0 Å². The molecule has 0 saturated carbocycles. The molecule has 4 rings (SSSR count). The summed E-state index contributed by atoms with van der Waals surface area (Å²) < 4.78 is 10.3. The lowest BCUT2D eigenvalue weighted by molar-refractivity contribution is 0.262. The second-order valence-corrected chi connectivity index (χ2v) is 4.65. The molecular formula is C15H10N4O3. The van der Waals surface area contributed by atoms with Crippen molar-refractivity contribution in [1.29, 1.82) is 0 Å². The summed E-state index contributed by atoms with van der Waals surface area (Å²) in [6.45, 7) is 0. The van der Waals surface area contributed by atoms with Crippen molar-refractivity contribution in [2.24, 2.45) is 0 Å². The third kappa shape index (κ3) is 2.24. The van der Waals surface area contributed by atoms with Crippen molar-refractivity contribution in [3.05, 3.63) is 49.2 Å². The fourth-order valence-corrected chi connectivity index (χ4v) is 2.16. The Balaban J connectivity index is 1.51. The molecule has 0 atom stereocenters. The van der Waals surface area contributed by atoms with E-state index in [1.165, 1.54) is 12.8 Å². The molecule has 0 spiro atoms. The summed E-state index contributed by atoms with van der Waals surface area (Å²) >= 11 is 0. The highest BCUT2D eigenvalue weighted by Gasteiger charge is 2.06. The molecule has 0 aliphatic rings. The summed E-state index contributed by atoms with van der Waals surface area (Å²) in [6.07, 6.45) is 2.73. The van der Waals surface area contributed by atoms with Crippen LogP contribution in [-0.4, -0.2) is 16.0 Å². The van der Waals surface area contributed by atoms with E-state index in [9.17, 15) is 4.79 Å². The van der Waals surface area contributed by atoms with Gasteiger partial charge in [-0.05, 0) is 36.4 Å². The Morgan fingerprint density at radius 3 is 1.82 bits per heavy atom. The third-order valence-corrected chi connectivity index (χ3v) is 3.18. The molecule has 4 aromatic rings. The van der Waals surface area contributed by atoms with Gasteiger partial charge < -0.3 is 19.5 Å². The first-order valence-corrected chi connectivity index (χ1v) is 6.52. The Morgan fingerprint density at radius 2 is 1.32 bits per heavy atom. The summed E-state index contributed by atoms with van der Waals surface area (Å²) in [7, 11) is 0. The van der Waals surface area contributed by atoms with Gasteiger partial charge in [0.05, 0.1) is 0 Å². The largest absolute Gasteiger partial charge is 0.443 e. The maximum Gasteiger partial charge on any atom is 0.323 e. The Kier molecular flexibility index (Phi) is 2.75. The zero-order valence-corrected chi connectivity index (χ0v) is 11.2. The van der Waals surface area contributed by atoms with Gasteiger partial charge in [-0.2, -0.15) is 0 Å². The lowest BCUT2D eigenvalue weighted by Crippen LogP contribution is -2.19. The van der Waals surface area contributed by atoms with Gasteiger partial charge in [-0.1, -0.05) is 0 Å². The van der Waals surface area contributed by atoms with Crippen LogP contribution in [0, 0.1) is 0 Å². The van der Waals surface area contributed by atoms with Crippen molar-refractivity contribution in [2.45, 2.75) is 0 Å². The number of hydrogen-bond acceptors (Lipinski definition) is 5. The molecule has 0 aliphatic carbocycles. The van der Waals surface area contributed by atoms with Gasteiger partial charge in [0.15, 0.2) is 24.0 Å². The molecule has 2 amide bonds. The number of benzene rings is 2. The monoisotopic (exact) mass is 294 g/mol. The molecule has 0 bridgehead atoms. The predicted octanol–water partition coefficient (Wildman–Crippen LogP) is 3.61. The van der Waals surface area contributed by atoms with Crippen LogP contribution in [-0.2, 0) is 0 Å². The van der Waals surface area contributed by atoms with Crippen LogP contribution in [0.15, 0.2) is 58.0 Å². The number of amides is 2. The molecule has 0 saturated heterocycles. The second kappa shape index (κ2) is 4.88. The summed E-state index contributed by atoms with van der Waals surface area (Å²) in [5.41, 5.74) is 3.95. The molecule has 108 valence electrons. The minimum atomic E-state index is -0.356. The van der Waals surface area contributed by atoms with E-state index in [2.05, 4.69) is 20.6 Å². The SMILES string of the molecule is O=C(Nc1ccc2ocnc2c1)Nc1ccc2ocnc2c1. The van der Waals surface area contributed by atoms with Crippen molar-refractivity contribution >= 4 is 39.6 Å². The molecular weight excluding hydrogens is 284 g/mol. The number of anilines is 2. The van der Waals surface area contributed by atoms with Crippen molar-refractivity contribution in [1.82, 2.24) is 9.97 Å². The smallest absolute Gasteiger partial charge is 0.323 e. The Labute approximate surface area is 124 Å². The molecule has 0 radical (unpaired) electrons. The molecule has 2 heterocycles. The number of oxazole rings is 2.